The Balaban J connectivity index is 1.80. The quantitative estimate of drug-likeness (QED) is 0.789. The first-order valence-corrected chi connectivity index (χ1v) is 7.83. The highest BCUT2D eigenvalue weighted by atomic mass is 79.9. The Kier molecular flexibility index (Phi) is 5.43. The van der Waals surface area contributed by atoms with Gasteiger partial charge in [-0.3, -0.25) is 0 Å². The Morgan fingerprint density at radius 2 is 2.25 bits per heavy atom. The van der Waals surface area contributed by atoms with Crippen molar-refractivity contribution in [2.75, 3.05) is 11.9 Å². The normalized spacial score (nSPS) is 22.4. The summed E-state index contributed by atoms with van der Waals surface area (Å²) in [5.41, 5.74) is 1.83. The molecule has 1 aliphatic carbocycles. The summed E-state index contributed by atoms with van der Waals surface area (Å²) in [4.78, 5) is 11.9. The Bertz CT molecular complexity index is 479. The number of carbonyl (C=O) groups is 1. The molecule has 2 unspecified atom stereocenters. The molecule has 0 aromatic heterocycles. The van der Waals surface area contributed by atoms with Crippen LogP contribution < -0.4 is 10.6 Å². The standard InChI is InChI=1S/C15H21BrN2O2/c1-10-7-12(16)5-6-14(10)18-15(20)17-9-11-3-2-4-13(19)8-11/h5-7,11,13,19H,2-4,8-9H2,1H3,(H2,17,18,20). The minimum Gasteiger partial charge on any atom is -0.393 e. The second kappa shape index (κ2) is 7.09. The first kappa shape index (κ1) is 15.3. The maximum Gasteiger partial charge on any atom is 0.319 e. The number of nitrogens with one attached hydrogen (secondary N) is 2. The van der Waals surface area contributed by atoms with E-state index in [9.17, 15) is 9.90 Å². The molecule has 2 atom stereocenters. The maximum atomic E-state index is 11.9. The number of carbonyl (C=O) groups excluding carboxylic acids is 1. The molecule has 5 heteroatoms. The van der Waals surface area contributed by atoms with E-state index in [1.54, 1.807) is 0 Å². The van der Waals surface area contributed by atoms with E-state index >= 15 is 0 Å². The molecule has 0 heterocycles. The summed E-state index contributed by atoms with van der Waals surface area (Å²) in [6.45, 7) is 2.58. The lowest BCUT2D eigenvalue weighted by atomic mass is 9.87. The molecule has 20 heavy (non-hydrogen) atoms. The van der Waals surface area contributed by atoms with Gasteiger partial charge in [0.15, 0.2) is 0 Å². The van der Waals surface area contributed by atoms with Crippen LogP contribution in [0.3, 0.4) is 0 Å². The largest absolute Gasteiger partial charge is 0.393 e. The summed E-state index contributed by atoms with van der Waals surface area (Å²) in [5, 5.41) is 15.4. The fourth-order valence-corrected chi connectivity index (χ4v) is 3.09. The van der Waals surface area contributed by atoms with Crippen molar-refractivity contribution in [3.05, 3.63) is 28.2 Å². The zero-order valence-electron chi connectivity index (χ0n) is 11.7. The summed E-state index contributed by atoms with van der Waals surface area (Å²) >= 11 is 3.40. The van der Waals surface area contributed by atoms with Crippen molar-refractivity contribution in [2.45, 2.75) is 38.7 Å². The number of aliphatic hydroxyl groups is 1. The van der Waals surface area contributed by atoms with E-state index in [2.05, 4.69) is 26.6 Å². The Morgan fingerprint density at radius 3 is 2.95 bits per heavy atom. The number of hydrogen-bond acceptors (Lipinski definition) is 2. The van der Waals surface area contributed by atoms with Crippen molar-refractivity contribution in [3.63, 3.8) is 0 Å². The molecule has 0 spiro atoms. The molecule has 1 aromatic rings. The molecule has 4 nitrogen and oxygen atoms in total. The van der Waals surface area contributed by atoms with Gasteiger partial charge in [-0.1, -0.05) is 22.4 Å². The number of aliphatic hydroxyl groups excluding tert-OH is 1. The van der Waals surface area contributed by atoms with E-state index in [0.29, 0.717) is 12.5 Å². The average molecular weight is 341 g/mol. The smallest absolute Gasteiger partial charge is 0.319 e. The molecule has 0 saturated heterocycles. The van der Waals surface area contributed by atoms with Crippen LogP contribution in [0.2, 0.25) is 0 Å². The minimum atomic E-state index is -0.202. The summed E-state index contributed by atoms with van der Waals surface area (Å²) in [5.74, 6) is 0.385. The molecule has 1 fully saturated rings. The summed E-state index contributed by atoms with van der Waals surface area (Å²) in [6, 6.07) is 5.56. The fourth-order valence-electron chi connectivity index (χ4n) is 2.62. The molecule has 1 aromatic carbocycles. The summed E-state index contributed by atoms with van der Waals surface area (Å²) in [7, 11) is 0. The molecule has 0 aliphatic heterocycles. The number of aryl methyl sites for hydroxylation is 1. The van der Waals surface area contributed by atoms with E-state index in [1.165, 1.54) is 0 Å². The number of halogens is 1. The van der Waals surface area contributed by atoms with Gasteiger partial charge in [0.05, 0.1) is 6.10 Å². The van der Waals surface area contributed by atoms with Crippen LogP contribution in [-0.4, -0.2) is 23.8 Å². The number of amides is 2. The number of urea groups is 1. The second-order valence-corrected chi connectivity index (χ2v) is 6.40. The Morgan fingerprint density at radius 1 is 1.45 bits per heavy atom. The average Bonchev–Trinajstić information content (AvgIpc) is 2.40. The number of anilines is 1. The second-order valence-electron chi connectivity index (χ2n) is 5.48. The van der Waals surface area contributed by atoms with Gasteiger partial charge in [0.2, 0.25) is 0 Å². The van der Waals surface area contributed by atoms with Crippen LogP contribution in [0.15, 0.2) is 22.7 Å². The van der Waals surface area contributed by atoms with E-state index in [-0.39, 0.29) is 12.1 Å². The van der Waals surface area contributed by atoms with Crippen molar-refractivity contribution in [2.24, 2.45) is 5.92 Å². The van der Waals surface area contributed by atoms with Gasteiger partial charge in [0.1, 0.15) is 0 Å². The van der Waals surface area contributed by atoms with Crippen molar-refractivity contribution < 1.29 is 9.90 Å². The SMILES string of the molecule is Cc1cc(Br)ccc1NC(=O)NCC1CCCC(O)C1. The zero-order valence-corrected chi connectivity index (χ0v) is 13.2. The molecule has 0 radical (unpaired) electrons. The predicted molar refractivity (Wildman–Crippen MR) is 83.9 cm³/mol. The van der Waals surface area contributed by atoms with E-state index in [1.807, 2.05) is 25.1 Å². The Hall–Kier alpha value is -1.07. The molecule has 2 amide bonds. The van der Waals surface area contributed by atoms with Gasteiger partial charge in [0.25, 0.3) is 0 Å². The van der Waals surface area contributed by atoms with Crippen LogP contribution in [0, 0.1) is 12.8 Å². The van der Waals surface area contributed by atoms with Crippen molar-refractivity contribution in [3.8, 4) is 0 Å². The van der Waals surface area contributed by atoms with Gasteiger partial charge in [0, 0.05) is 16.7 Å². The van der Waals surface area contributed by atoms with Gasteiger partial charge >= 0.3 is 6.03 Å². The first-order valence-electron chi connectivity index (χ1n) is 7.03. The van der Waals surface area contributed by atoms with Gasteiger partial charge in [-0.15, -0.1) is 0 Å². The summed E-state index contributed by atoms with van der Waals surface area (Å²) in [6.07, 6.45) is 3.60. The molecular formula is C15H21BrN2O2. The summed E-state index contributed by atoms with van der Waals surface area (Å²) < 4.78 is 0.997. The number of benzene rings is 1. The molecule has 1 aliphatic rings. The topological polar surface area (TPSA) is 61.4 Å². The van der Waals surface area contributed by atoms with Crippen LogP contribution in [0.1, 0.15) is 31.2 Å². The lowest BCUT2D eigenvalue weighted by Gasteiger charge is -2.25. The van der Waals surface area contributed by atoms with Crippen LogP contribution in [0.25, 0.3) is 0 Å². The number of hydrogen-bond donors (Lipinski definition) is 3. The van der Waals surface area contributed by atoms with Crippen LogP contribution in [0.4, 0.5) is 10.5 Å². The first-order chi connectivity index (χ1) is 9.54. The van der Waals surface area contributed by atoms with Crippen molar-refractivity contribution in [1.82, 2.24) is 5.32 Å². The van der Waals surface area contributed by atoms with E-state index in [0.717, 1.165) is 41.4 Å². The van der Waals surface area contributed by atoms with Gasteiger partial charge < -0.3 is 15.7 Å². The maximum absolute atomic E-state index is 11.9. The molecule has 3 N–H and O–H groups in total. The molecule has 1 saturated carbocycles. The molecule has 110 valence electrons. The van der Waals surface area contributed by atoms with Crippen LogP contribution in [-0.2, 0) is 0 Å². The lowest BCUT2D eigenvalue weighted by Crippen LogP contribution is -2.35. The Labute approximate surface area is 128 Å². The van der Waals surface area contributed by atoms with Crippen LogP contribution in [0.5, 0.6) is 0 Å². The zero-order chi connectivity index (χ0) is 14.5. The van der Waals surface area contributed by atoms with Crippen molar-refractivity contribution in [1.29, 1.82) is 0 Å². The highest BCUT2D eigenvalue weighted by molar-refractivity contribution is 9.10. The van der Waals surface area contributed by atoms with Gasteiger partial charge in [-0.05, 0) is 55.9 Å². The van der Waals surface area contributed by atoms with E-state index < -0.39 is 0 Å². The third-order valence-corrected chi connectivity index (χ3v) is 4.24. The van der Waals surface area contributed by atoms with E-state index in [4.69, 9.17) is 0 Å². The predicted octanol–water partition coefficient (Wildman–Crippen LogP) is 3.43. The monoisotopic (exact) mass is 340 g/mol. The van der Waals surface area contributed by atoms with Crippen LogP contribution >= 0.6 is 15.9 Å². The minimum absolute atomic E-state index is 0.185. The van der Waals surface area contributed by atoms with Gasteiger partial charge in [-0.2, -0.15) is 0 Å². The van der Waals surface area contributed by atoms with Gasteiger partial charge in [-0.25, -0.2) is 4.79 Å². The number of rotatable bonds is 3. The third kappa shape index (κ3) is 4.49. The fraction of sp³-hybridized carbons (Fsp3) is 0.533. The third-order valence-electron chi connectivity index (χ3n) is 3.74. The van der Waals surface area contributed by atoms with Crippen molar-refractivity contribution >= 4 is 27.6 Å². The molecule has 2 rings (SSSR count). The highest BCUT2D eigenvalue weighted by Crippen LogP contribution is 2.23. The lowest BCUT2D eigenvalue weighted by molar-refractivity contribution is 0.101. The highest BCUT2D eigenvalue weighted by Gasteiger charge is 2.20. The molecule has 0 bridgehead atoms. The molecular weight excluding hydrogens is 320 g/mol.